The molecule has 1 unspecified atom stereocenters. The molecule has 0 heterocycles. The average molecular weight is 324 g/mol. The number of rotatable bonds is 6. The summed E-state index contributed by atoms with van der Waals surface area (Å²) in [4.78, 5) is 1.32. The monoisotopic (exact) mass is 323 g/mol. The topological polar surface area (TPSA) is 3.24 Å². The van der Waals surface area contributed by atoms with Gasteiger partial charge in [0.2, 0.25) is 0 Å². The molecule has 0 amide bonds. The smallest absolute Gasteiger partial charge is 0.0230 e. The SMILES string of the molecule is CCCN(CC1(C)CC=Cc2ccccc21)Sc1ccccc1. The van der Waals surface area contributed by atoms with Gasteiger partial charge in [0.1, 0.15) is 0 Å². The predicted octanol–water partition coefficient (Wildman–Crippen LogP) is 5.78. The fourth-order valence-electron chi connectivity index (χ4n) is 3.32. The highest BCUT2D eigenvalue weighted by Crippen LogP contribution is 2.38. The van der Waals surface area contributed by atoms with Crippen molar-refractivity contribution in [1.82, 2.24) is 4.31 Å². The Balaban J connectivity index is 1.81. The molecule has 0 spiro atoms. The zero-order valence-electron chi connectivity index (χ0n) is 14.0. The van der Waals surface area contributed by atoms with Crippen molar-refractivity contribution in [2.45, 2.75) is 37.0 Å². The van der Waals surface area contributed by atoms with Crippen LogP contribution in [0, 0.1) is 0 Å². The molecule has 0 saturated heterocycles. The molecule has 1 aliphatic rings. The lowest BCUT2D eigenvalue weighted by Gasteiger charge is -2.37. The highest BCUT2D eigenvalue weighted by Gasteiger charge is 2.31. The zero-order chi connectivity index (χ0) is 16.1. The summed E-state index contributed by atoms with van der Waals surface area (Å²) in [7, 11) is 0. The lowest BCUT2D eigenvalue weighted by molar-refractivity contribution is 0.339. The average Bonchev–Trinajstić information content (AvgIpc) is 2.56. The van der Waals surface area contributed by atoms with Gasteiger partial charge in [0.05, 0.1) is 0 Å². The van der Waals surface area contributed by atoms with E-state index < -0.39 is 0 Å². The van der Waals surface area contributed by atoms with Gasteiger partial charge in [-0.1, -0.05) is 68.5 Å². The summed E-state index contributed by atoms with van der Waals surface area (Å²) in [6, 6.07) is 19.6. The predicted molar refractivity (Wildman–Crippen MR) is 102 cm³/mol. The molecule has 0 fully saturated rings. The van der Waals surface area contributed by atoms with Crippen LogP contribution in [-0.4, -0.2) is 17.4 Å². The van der Waals surface area contributed by atoms with Gasteiger partial charge < -0.3 is 0 Å². The second kappa shape index (κ2) is 7.37. The standard InChI is InChI=1S/C21H25NS/c1-3-16-22(23-19-12-5-4-6-13-19)17-21(2)15-9-11-18-10-7-8-14-20(18)21/h4-14H,3,15-17H2,1-2H3. The molecule has 0 aromatic heterocycles. The number of fused-ring (bicyclic) bond motifs is 1. The highest BCUT2D eigenvalue weighted by molar-refractivity contribution is 7.97. The Hall–Kier alpha value is -1.51. The van der Waals surface area contributed by atoms with E-state index in [2.05, 4.69) is 84.9 Å². The summed E-state index contributed by atoms with van der Waals surface area (Å²) in [6.07, 6.45) is 6.89. The van der Waals surface area contributed by atoms with Crippen LogP contribution in [0.1, 0.15) is 37.8 Å². The third-order valence-corrected chi connectivity index (χ3v) is 5.51. The molecular weight excluding hydrogens is 298 g/mol. The lowest BCUT2D eigenvalue weighted by Crippen LogP contribution is -2.37. The minimum atomic E-state index is 0.183. The fourth-order valence-corrected chi connectivity index (χ4v) is 4.52. The van der Waals surface area contributed by atoms with Crippen LogP contribution >= 0.6 is 11.9 Å². The summed E-state index contributed by atoms with van der Waals surface area (Å²) in [5.41, 5.74) is 3.04. The first-order valence-electron chi connectivity index (χ1n) is 8.45. The minimum Gasteiger partial charge on any atom is -0.246 e. The van der Waals surface area contributed by atoms with Crippen molar-refractivity contribution in [3.8, 4) is 0 Å². The molecular formula is C21H25NS. The maximum absolute atomic E-state index is 2.53. The van der Waals surface area contributed by atoms with Gasteiger partial charge in [-0.25, -0.2) is 4.31 Å². The van der Waals surface area contributed by atoms with Gasteiger partial charge in [0, 0.05) is 23.4 Å². The molecule has 2 aromatic carbocycles. The van der Waals surface area contributed by atoms with Crippen LogP contribution in [-0.2, 0) is 5.41 Å². The molecule has 0 radical (unpaired) electrons. The van der Waals surface area contributed by atoms with E-state index in [0.29, 0.717) is 0 Å². The van der Waals surface area contributed by atoms with E-state index in [9.17, 15) is 0 Å². The number of hydrogen-bond donors (Lipinski definition) is 0. The summed E-state index contributed by atoms with van der Waals surface area (Å²) < 4.78 is 2.53. The van der Waals surface area contributed by atoms with Crippen LogP contribution in [0.5, 0.6) is 0 Å². The van der Waals surface area contributed by atoms with Gasteiger partial charge in [0.15, 0.2) is 0 Å². The first kappa shape index (κ1) is 16.4. The molecule has 2 aromatic rings. The van der Waals surface area contributed by atoms with E-state index in [1.807, 2.05) is 11.9 Å². The molecule has 0 saturated carbocycles. The summed E-state index contributed by atoms with van der Waals surface area (Å²) in [5, 5.41) is 0. The third kappa shape index (κ3) is 3.88. The Kier molecular flexibility index (Phi) is 5.24. The van der Waals surface area contributed by atoms with Crippen LogP contribution in [0.3, 0.4) is 0 Å². The van der Waals surface area contributed by atoms with Crippen molar-refractivity contribution >= 4 is 18.0 Å². The van der Waals surface area contributed by atoms with Crippen LogP contribution in [0.15, 0.2) is 65.6 Å². The van der Waals surface area contributed by atoms with Gasteiger partial charge in [-0.15, -0.1) is 0 Å². The van der Waals surface area contributed by atoms with E-state index in [1.54, 1.807) is 0 Å². The van der Waals surface area contributed by atoms with Crippen molar-refractivity contribution in [2.24, 2.45) is 0 Å². The Morgan fingerprint density at radius 2 is 1.78 bits per heavy atom. The number of benzene rings is 2. The highest BCUT2D eigenvalue weighted by atomic mass is 32.2. The second-order valence-electron chi connectivity index (χ2n) is 6.52. The van der Waals surface area contributed by atoms with Crippen molar-refractivity contribution in [3.63, 3.8) is 0 Å². The Bertz CT molecular complexity index is 665. The van der Waals surface area contributed by atoms with Gasteiger partial charge in [-0.05, 0) is 48.0 Å². The van der Waals surface area contributed by atoms with Crippen molar-refractivity contribution < 1.29 is 0 Å². The molecule has 1 atom stereocenters. The van der Waals surface area contributed by atoms with Crippen LogP contribution in [0.4, 0.5) is 0 Å². The van der Waals surface area contributed by atoms with Crippen LogP contribution < -0.4 is 0 Å². The lowest BCUT2D eigenvalue weighted by atomic mass is 9.74. The van der Waals surface area contributed by atoms with E-state index in [4.69, 9.17) is 0 Å². The summed E-state index contributed by atoms with van der Waals surface area (Å²) in [6.45, 7) is 6.85. The first-order valence-corrected chi connectivity index (χ1v) is 9.23. The van der Waals surface area contributed by atoms with Crippen molar-refractivity contribution in [1.29, 1.82) is 0 Å². The molecule has 2 heteroatoms. The molecule has 0 N–H and O–H groups in total. The second-order valence-corrected chi connectivity index (χ2v) is 7.69. The van der Waals surface area contributed by atoms with Crippen LogP contribution in [0.2, 0.25) is 0 Å². The Labute approximate surface area is 144 Å². The number of allylic oxidation sites excluding steroid dienone is 1. The fraction of sp³-hybridized carbons (Fsp3) is 0.333. The van der Waals surface area contributed by atoms with Gasteiger partial charge in [-0.2, -0.15) is 0 Å². The van der Waals surface area contributed by atoms with Gasteiger partial charge in [0.25, 0.3) is 0 Å². The first-order chi connectivity index (χ1) is 11.2. The summed E-state index contributed by atoms with van der Waals surface area (Å²) in [5.74, 6) is 0. The molecule has 1 nitrogen and oxygen atoms in total. The molecule has 0 aliphatic heterocycles. The van der Waals surface area contributed by atoms with Gasteiger partial charge in [-0.3, -0.25) is 0 Å². The number of hydrogen-bond acceptors (Lipinski definition) is 2. The quantitative estimate of drug-likeness (QED) is 0.620. The Morgan fingerprint density at radius 3 is 2.57 bits per heavy atom. The minimum absolute atomic E-state index is 0.183. The normalized spacial score (nSPS) is 19.8. The van der Waals surface area contributed by atoms with Crippen molar-refractivity contribution in [2.75, 3.05) is 13.1 Å². The van der Waals surface area contributed by atoms with Gasteiger partial charge >= 0.3 is 0 Å². The van der Waals surface area contributed by atoms with E-state index in [0.717, 1.165) is 19.5 Å². The number of nitrogens with zero attached hydrogens (tertiary/aromatic N) is 1. The molecule has 120 valence electrons. The maximum Gasteiger partial charge on any atom is 0.0230 e. The van der Waals surface area contributed by atoms with Crippen molar-refractivity contribution in [3.05, 3.63) is 71.8 Å². The molecule has 3 rings (SSSR count). The molecule has 23 heavy (non-hydrogen) atoms. The Morgan fingerprint density at radius 1 is 1.04 bits per heavy atom. The van der Waals surface area contributed by atoms with E-state index in [-0.39, 0.29) is 5.41 Å². The van der Waals surface area contributed by atoms with Crippen LogP contribution in [0.25, 0.3) is 6.08 Å². The zero-order valence-corrected chi connectivity index (χ0v) is 14.9. The molecule has 1 aliphatic carbocycles. The molecule has 0 bridgehead atoms. The summed E-state index contributed by atoms with van der Waals surface area (Å²) >= 11 is 1.89. The van der Waals surface area contributed by atoms with E-state index >= 15 is 0 Å². The largest absolute Gasteiger partial charge is 0.246 e. The maximum atomic E-state index is 2.53. The third-order valence-electron chi connectivity index (χ3n) is 4.45. The van der Waals surface area contributed by atoms with E-state index in [1.165, 1.54) is 22.4 Å².